The first-order chi connectivity index (χ1) is 16.5. The summed E-state index contributed by atoms with van der Waals surface area (Å²) in [6.07, 6.45) is 0. The lowest BCUT2D eigenvalue weighted by Gasteiger charge is -2.44. The number of para-hydroxylation sites is 2. The Morgan fingerprint density at radius 1 is 0.600 bits per heavy atom. The molecule has 0 bridgehead atoms. The monoisotopic (exact) mass is 522 g/mol. The zero-order valence-electron chi connectivity index (χ0n) is 21.3. The van der Waals surface area contributed by atoms with Crippen molar-refractivity contribution in [3.05, 3.63) is 94.5 Å². The molecule has 0 aliphatic heterocycles. The number of rotatable bonds is 2. The van der Waals surface area contributed by atoms with E-state index in [4.69, 9.17) is 4.42 Å². The van der Waals surface area contributed by atoms with Crippen molar-refractivity contribution in [1.29, 1.82) is 0 Å². The van der Waals surface area contributed by atoms with Crippen LogP contribution in [0.15, 0.2) is 87.8 Å². The van der Waals surface area contributed by atoms with Gasteiger partial charge in [-0.1, -0.05) is 118 Å². The highest BCUT2D eigenvalue weighted by Crippen LogP contribution is 2.62. The summed E-state index contributed by atoms with van der Waals surface area (Å²) in [5.74, 6) is 0. The lowest BCUT2D eigenvalue weighted by atomic mass is 9.59. The van der Waals surface area contributed by atoms with Gasteiger partial charge in [-0.15, -0.1) is 0 Å². The van der Waals surface area contributed by atoms with Crippen molar-refractivity contribution >= 4 is 37.9 Å². The van der Waals surface area contributed by atoms with Crippen LogP contribution in [0.2, 0.25) is 0 Å². The molecule has 2 heteroatoms. The van der Waals surface area contributed by atoms with Crippen LogP contribution in [0.3, 0.4) is 0 Å². The highest BCUT2D eigenvalue weighted by molar-refractivity contribution is 9.10. The minimum atomic E-state index is 0.0815. The first-order valence-corrected chi connectivity index (χ1v) is 13.2. The third-order valence-electron chi connectivity index (χ3n) is 9.49. The van der Waals surface area contributed by atoms with Crippen molar-refractivity contribution in [3.63, 3.8) is 0 Å². The van der Waals surface area contributed by atoms with Crippen LogP contribution in [0.1, 0.15) is 52.7 Å². The Kier molecular flexibility index (Phi) is 4.74. The first-order valence-electron chi connectivity index (χ1n) is 12.4. The molecule has 0 saturated carbocycles. The Morgan fingerprint density at radius 3 is 1.86 bits per heavy atom. The lowest BCUT2D eigenvalue weighted by Crippen LogP contribution is -2.42. The van der Waals surface area contributed by atoms with Gasteiger partial charge in [-0.2, -0.15) is 0 Å². The molecule has 6 rings (SSSR count). The molecule has 5 aromatic rings. The fourth-order valence-corrected chi connectivity index (χ4v) is 6.66. The van der Waals surface area contributed by atoms with Gasteiger partial charge in [-0.25, -0.2) is 0 Å². The largest absolute Gasteiger partial charge is 0.455 e. The van der Waals surface area contributed by atoms with Gasteiger partial charge < -0.3 is 4.42 Å². The van der Waals surface area contributed by atoms with Crippen molar-refractivity contribution in [2.45, 2.75) is 52.4 Å². The third kappa shape index (κ3) is 2.99. The van der Waals surface area contributed by atoms with Crippen LogP contribution in [0.5, 0.6) is 0 Å². The number of furan rings is 1. The van der Waals surface area contributed by atoms with E-state index in [-0.39, 0.29) is 16.2 Å². The predicted octanol–water partition coefficient (Wildman–Crippen LogP) is 10.3. The van der Waals surface area contributed by atoms with E-state index in [2.05, 4.69) is 124 Å². The van der Waals surface area contributed by atoms with E-state index in [0.29, 0.717) is 0 Å². The smallest absolute Gasteiger partial charge is 0.143 e. The van der Waals surface area contributed by atoms with Crippen LogP contribution in [-0.2, 0) is 10.8 Å². The van der Waals surface area contributed by atoms with Gasteiger partial charge in [0.15, 0.2) is 0 Å². The molecule has 1 aromatic heterocycles. The molecule has 1 heterocycles. The highest BCUT2D eigenvalue weighted by Gasteiger charge is 2.56. The molecule has 1 aliphatic rings. The fourth-order valence-electron chi connectivity index (χ4n) is 6.09. The van der Waals surface area contributed by atoms with Crippen molar-refractivity contribution in [3.8, 4) is 22.3 Å². The zero-order valence-corrected chi connectivity index (χ0v) is 22.9. The minimum absolute atomic E-state index is 0.0815. The molecule has 0 radical (unpaired) electrons. The molecule has 0 fully saturated rings. The van der Waals surface area contributed by atoms with Gasteiger partial charge in [0.05, 0.1) is 0 Å². The second-order valence-electron chi connectivity index (χ2n) is 11.6. The molecule has 0 atom stereocenters. The summed E-state index contributed by atoms with van der Waals surface area (Å²) in [7, 11) is 0. The number of halogens is 1. The molecular weight excluding hydrogens is 492 g/mol. The Bertz CT molecular complexity index is 1610. The maximum absolute atomic E-state index is 6.28. The number of hydrogen-bond donors (Lipinski definition) is 0. The van der Waals surface area contributed by atoms with Gasteiger partial charge in [0.2, 0.25) is 0 Å². The molecule has 1 nitrogen and oxygen atoms in total. The third-order valence-corrected chi connectivity index (χ3v) is 10.1. The first kappa shape index (κ1) is 22.6. The number of fused-ring (bicyclic) bond motifs is 4. The predicted molar refractivity (Wildman–Crippen MR) is 152 cm³/mol. The van der Waals surface area contributed by atoms with E-state index in [1.807, 2.05) is 12.1 Å². The molecule has 0 amide bonds. The fraction of sp³-hybridized carbons (Fsp3) is 0.273. The Balaban J connectivity index is 1.45. The summed E-state index contributed by atoms with van der Waals surface area (Å²) in [6, 6.07) is 28.4. The van der Waals surface area contributed by atoms with Crippen molar-refractivity contribution in [1.82, 2.24) is 0 Å². The molecule has 4 aromatic carbocycles. The van der Waals surface area contributed by atoms with Gasteiger partial charge in [-0.3, -0.25) is 0 Å². The van der Waals surface area contributed by atoms with E-state index in [1.54, 1.807) is 0 Å². The van der Waals surface area contributed by atoms with Gasteiger partial charge >= 0.3 is 0 Å². The topological polar surface area (TPSA) is 13.1 Å². The van der Waals surface area contributed by atoms with E-state index in [1.165, 1.54) is 27.8 Å². The SMILES string of the molecule is CC1(C)c2cc(Br)c(-c3ccc(-c4cccc5c4oc4ccccc45)cc3)cc2C(C)(C)C1(C)C. The summed E-state index contributed by atoms with van der Waals surface area (Å²) in [5.41, 5.74) is 9.89. The number of benzene rings is 4. The Morgan fingerprint density at radius 2 is 1.17 bits per heavy atom. The maximum atomic E-state index is 6.28. The summed E-state index contributed by atoms with van der Waals surface area (Å²) >= 11 is 3.91. The molecular formula is C33H31BrO. The summed E-state index contributed by atoms with van der Waals surface area (Å²) in [6.45, 7) is 14.4. The summed E-state index contributed by atoms with van der Waals surface area (Å²) < 4.78 is 7.43. The minimum Gasteiger partial charge on any atom is -0.455 e. The molecule has 176 valence electrons. The van der Waals surface area contributed by atoms with Crippen molar-refractivity contribution in [2.75, 3.05) is 0 Å². The normalized spacial score (nSPS) is 17.7. The van der Waals surface area contributed by atoms with Crippen molar-refractivity contribution < 1.29 is 4.42 Å². The number of hydrogen-bond acceptors (Lipinski definition) is 1. The average Bonchev–Trinajstić information content (AvgIpc) is 3.26. The molecule has 0 N–H and O–H groups in total. The van der Waals surface area contributed by atoms with E-state index >= 15 is 0 Å². The second kappa shape index (κ2) is 7.34. The van der Waals surface area contributed by atoms with Crippen LogP contribution in [0.4, 0.5) is 0 Å². The van der Waals surface area contributed by atoms with Crippen LogP contribution in [0.25, 0.3) is 44.2 Å². The highest BCUT2D eigenvalue weighted by atomic mass is 79.9. The Labute approximate surface area is 216 Å². The van der Waals surface area contributed by atoms with E-state index in [0.717, 1.165) is 32.0 Å². The van der Waals surface area contributed by atoms with Crippen LogP contribution < -0.4 is 0 Å². The standard InChI is InChI=1S/C33H31BrO/c1-31(2)26-18-25(28(34)19-27(26)32(3,4)33(31,5)6)21-16-14-20(15-17-21)22-11-9-12-24-23-10-7-8-13-29(23)35-30(22)24/h7-19H,1-6H3. The second-order valence-corrected chi connectivity index (χ2v) is 12.5. The van der Waals surface area contributed by atoms with Gasteiger partial charge in [0.1, 0.15) is 11.2 Å². The van der Waals surface area contributed by atoms with Crippen LogP contribution >= 0.6 is 15.9 Å². The van der Waals surface area contributed by atoms with Crippen LogP contribution in [0, 0.1) is 5.41 Å². The summed E-state index contributed by atoms with van der Waals surface area (Å²) in [5, 5.41) is 2.33. The van der Waals surface area contributed by atoms with E-state index in [9.17, 15) is 0 Å². The molecule has 35 heavy (non-hydrogen) atoms. The molecule has 0 saturated heterocycles. The lowest BCUT2D eigenvalue weighted by molar-refractivity contribution is 0.125. The van der Waals surface area contributed by atoms with Gasteiger partial charge in [-0.05, 0) is 62.3 Å². The van der Waals surface area contributed by atoms with Gasteiger partial charge in [0, 0.05) is 20.8 Å². The van der Waals surface area contributed by atoms with E-state index < -0.39 is 0 Å². The average molecular weight is 524 g/mol. The van der Waals surface area contributed by atoms with Gasteiger partial charge in [0.25, 0.3) is 0 Å². The maximum Gasteiger partial charge on any atom is 0.143 e. The Hall–Kier alpha value is -2.84. The molecule has 0 unspecified atom stereocenters. The quantitative estimate of drug-likeness (QED) is 0.224. The van der Waals surface area contributed by atoms with Crippen LogP contribution in [-0.4, -0.2) is 0 Å². The van der Waals surface area contributed by atoms with Crippen molar-refractivity contribution in [2.24, 2.45) is 5.41 Å². The summed E-state index contributed by atoms with van der Waals surface area (Å²) in [4.78, 5) is 0. The molecule has 1 aliphatic carbocycles. The molecule has 0 spiro atoms. The zero-order chi connectivity index (χ0) is 24.8.